The lowest BCUT2D eigenvalue weighted by molar-refractivity contribution is 0.496. The number of aromatic nitrogens is 1. The van der Waals surface area contributed by atoms with Crippen molar-refractivity contribution >= 4 is 38.6 Å². The number of hydrogen-bond acceptors (Lipinski definition) is 1. The third kappa shape index (κ3) is 2.83. The van der Waals surface area contributed by atoms with Crippen LogP contribution in [-0.2, 0) is 0 Å². The number of nitrogens with one attached hydrogen (secondary N) is 1. The topological polar surface area (TPSA) is 15.8 Å². The van der Waals surface area contributed by atoms with Crippen LogP contribution in [0.25, 0.3) is 10.9 Å². The highest BCUT2D eigenvalue weighted by Gasteiger charge is 2.16. The van der Waals surface area contributed by atoms with Crippen LogP contribution < -0.4 is 0 Å². The van der Waals surface area contributed by atoms with Gasteiger partial charge < -0.3 is 4.98 Å². The van der Waals surface area contributed by atoms with Crippen LogP contribution >= 0.6 is 27.7 Å². The van der Waals surface area contributed by atoms with Gasteiger partial charge in [0.25, 0.3) is 0 Å². The first-order chi connectivity index (χ1) is 7.61. The zero-order valence-electron chi connectivity index (χ0n) is 9.59. The molecule has 1 heterocycles. The number of alkyl halides is 1. The summed E-state index contributed by atoms with van der Waals surface area (Å²) in [7, 11) is 0. The molecule has 1 nitrogen and oxygen atoms in total. The summed E-state index contributed by atoms with van der Waals surface area (Å²) >= 11 is 5.45. The van der Waals surface area contributed by atoms with E-state index in [0.717, 1.165) is 11.1 Å². The second-order valence-electron chi connectivity index (χ2n) is 4.81. The summed E-state index contributed by atoms with van der Waals surface area (Å²) in [6.45, 7) is 4.55. The van der Waals surface area contributed by atoms with Crippen LogP contribution in [0, 0.1) is 5.41 Å². The average molecular weight is 298 g/mol. The highest BCUT2D eigenvalue weighted by atomic mass is 79.9. The van der Waals surface area contributed by atoms with E-state index in [0.29, 0.717) is 5.41 Å². The molecule has 2 aromatic rings. The van der Waals surface area contributed by atoms with E-state index >= 15 is 0 Å². The van der Waals surface area contributed by atoms with E-state index in [2.05, 4.69) is 65.1 Å². The summed E-state index contributed by atoms with van der Waals surface area (Å²) in [5, 5.41) is 3.59. The fraction of sp³-hybridized carbons (Fsp3) is 0.385. The Morgan fingerprint density at radius 1 is 1.31 bits per heavy atom. The van der Waals surface area contributed by atoms with Gasteiger partial charge in [0.05, 0.1) is 5.03 Å². The Morgan fingerprint density at radius 3 is 2.75 bits per heavy atom. The van der Waals surface area contributed by atoms with E-state index in [9.17, 15) is 0 Å². The molecule has 0 radical (unpaired) electrons. The van der Waals surface area contributed by atoms with E-state index in [1.807, 2.05) is 11.8 Å². The fourth-order valence-corrected chi connectivity index (χ4v) is 2.94. The van der Waals surface area contributed by atoms with Crippen molar-refractivity contribution in [1.82, 2.24) is 4.98 Å². The Kier molecular flexibility index (Phi) is 3.65. The van der Waals surface area contributed by atoms with Crippen molar-refractivity contribution < 1.29 is 0 Å². The minimum Gasteiger partial charge on any atom is -0.350 e. The number of aromatic amines is 1. The van der Waals surface area contributed by atoms with Crippen LogP contribution in [0.5, 0.6) is 0 Å². The van der Waals surface area contributed by atoms with E-state index < -0.39 is 0 Å². The molecule has 16 heavy (non-hydrogen) atoms. The Morgan fingerprint density at radius 2 is 2.06 bits per heavy atom. The van der Waals surface area contributed by atoms with Gasteiger partial charge >= 0.3 is 0 Å². The summed E-state index contributed by atoms with van der Waals surface area (Å²) in [6.07, 6.45) is 0. The zero-order valence-corrected chi connectivity index (χ0v) is 12.0. The average Bonchev–Trinajstić information content (AvgIpc) is 2.69. The van der Waals surface area contributed by atoms with Gasteiger partial charge in [-0.25, -0.2) is 0 Å². The molecule has 0 amide bonds. The standard InChI is InChI=1S/C13H16BrNS/c1-13(2,8-14)9-16-12-7-10-5-3-4-6-11(10)15-12/h3-7,15H,8-9H2,1-2H3. The second-order valence-corrected chi connectivity index (χ2v) is 6.39. The van der Waals surface area contributed by atoms with Crippen LogP contribution in [0.4, 0.5) is 0 Å². The second kappa shape index (κ2) is 4.84. The maximum Gasteiger partial charge on any atom is 0.0732 e. The number of H-pyrrole nitrogens is 1. The molecule has 0 saturated heterocycles. The van der Waals surface area contributed by atoms with Crippen molar-refractivity contribution in [3.63, 3.8) is 0 Å². The van der Waals surface area contributed by atoms with Crippen LogP contribution in [0.15, 0.2) is 35.4 Å². The summed E-state index contributed by atoms with van der Waals surface area (Å²) in [5.41, 5.74) is 1.56. The highest BCUT2D eigenvalue weighted by Crippen LogP contribution is 2.30. The van der Waals surface area contributed by atoms with E-state index in [1.54, 1.807) is 0 Å². The van der Waals surface area contributed by atoms with Crippen LogP contribution in [0.1, 0.15) is 13.8 Å². The van der Waals surface area contributed by atoms with Gasteiger partial charge in [-0.3, -0.25) is 0 Å². The lowest BCUT2D eigenvalue weighted by Gasteiger charge is -2.20. The summed E-state index contributed by atoms with van der Waals surface area (Å²) < 4.78 is 0. The van der Waals surface area contributed by atoms with Gasteiger partial charge in [-0.15, -0.1) is 11.8 Å². The highest BCUT2D eigenvalue weighted by molar-refractivity contribution is 9.09. The van der Waals surface area contributed by atoms with Gasteiger partial charge in [0.15, 0.2) is 0 Å². The predicted molar refractivity (Wildman–Crippen MR) is 76.6 cm³/mol. The van der Waals surface area contributed by atoms with Crippen molar-refractivity contribution in [2.45, 2.75) is 18.9 Å². The number of halogens is 1. The third-order valence-electron chi connectivity index (χ3n) is 2.49. The van der Waals surface area contributed by atoms with Gasteiger partial charge in [-0.2, -0.15) is 0 Å². The molecule has 0 aliphatic rings. The van der Waals surface area contributed by atoms with Crippen molar-refractivity contribution in [3.05, 3.63) is 30.3 Å². The van der Waals surface area contributed by atoms with Gasteiger partial charge in [0, 0.05) is 22.0 Å². The van der Waals surface area contributed by atoms with Gasteiger partial charge in [-0.1, -0.05) is 48.0 Å². The monoisotopic (exact) mass is 297 g/mol. The molecule has 0 fully saturated rings. The van der Waals surface area contributed by atoms with Crippen molar-refractivity contribution in [2.24, 2.45) is 5.41 Å². The molecular weight excluding hydrogens is 282 g/mol. The quantitative estimate of drug-likeness (QED) is 0.640. The number of benzene rings is 1. The maximum absolute atomic E-state index is 3.56. The molecule has 1 aromatic carbocycles. The fourth-order valence-electron chi connectivity index (χ4n) is 1.44. The van der Waals surface area contributed by atoms with E-state index in [1.165, 1.54) is 15.9 Å². The van der Waals surface area contributed by atoms with E-state index in [-0.39, 0.29) is 0 Å². The number of hydrogen-bond donors (Lipinski definition) is 1. The largest absolute Gasteiger partial charge is 0.350 e. The van der Waals surface area contributed by atoms with Crippen molar-refractivity contribution in [2.75, 3.05) is 11.1 Å². The Balaban J connectivity index is 2.10. The molecule has 0 aliphatic carbocycles. The molecule has 0 unspecified atom stereocenters. The molecule has 0 bridgehead atoms. The Bertz CT molecular complexity index is 442. The molecule has 0 spiro atoms. The molecule has 3 heteroatoms. The molecular formula is C13H16BrNS. The van der Waals surface area contributed by atoms with Crippen molar-refractivity contribution in [3.8, 4) is 0 Å². The van der Waals surface area contributed by atoms with Crippen LogP contribution in [-0.4, -0.2) is 16.1 Å². The van der Waals surface area contributed by atoms with Gasteiger partial charge in [-0.05, 0) is 17.5 Å². The summed E-state index contributed by atoms with van der Waals surface area (Å²) in [6, 6.07) is 10.6. The number of fused-ring (bicyclic) bond motifs is 1. The Labute approximate surface area is 109 Å². The third-order valence-corrected chi connectivity index (χ3v) is 5.46. The first kappa shape index (κ1) is 12.1. The predicted octanol–water partition coefficient (Wildman–Crippen LogP) is 4.68. The summed E-state index contributed by atoms with van der Waals surface area (Å²) in [4.78, 5) is 3.44. The SMILES string of the molecule is CC(C)(CBr)CSc1cc2ccccc2[nH]1. The van der Waals surface area contributed by atoms with Gasteiger partial charge in [0.2, 0.25) is 0 Å². The normalized spacial score (nSPS) is 12.2. The maximum atomic E-state index is 3.56. The minimum absolute atomic E-state index is 0.335. The molecule has 86 valence electrons. The van der Waals surface area contributed by atoms with Gasteiger partial charge in [0.1, 0.15) is 0 Å². The smallest absolute Gasteiger partial charge is 0.0732 e. The Hall–Kier alpha value is -0.410. The van der Waals surface area contributed by atoms with Crippen molar-refractivity contribution in [1.29, 1.82) is 0 Å². The number of thioether (sulfide) groups is 1. The minimum atomic E-state index is 0.335. The molecule has 0 atom stereocenters. The number of rotatable bonds is 4. The zero-order chi connectivity index (χ0) is 11.6. The molecule has 2 rings (SSSR count). The lowest BCUT2D eigenvalue weighted by atomic mass is 10.0. The summed E-state index contributed by atoms with van der Waals surface area (Å²) in [5.74, 6) is 1.12. The lowest BCUT2D eigenvalue weighted by Crippen LogP contribution is -2.15. The molecule has 1 N–H and O–H groups in total. The number of para-hydroxylation sites is 1. The first-order valence-electron chi connectivity index (χ1n) is 5.37. The first-order valence-corrected chi connectivity index (χ1v) is 7.48. The van der Waals surface area contributed by atoms with E-state index in [4.69, 9.17) is 0 Å². The molecule has 0 saturated carbocycles. The van der Waals surface area contributed by atoms with Crippen LogP contribution in [0.3, 0.4) is 0 Å². The van der Waals surface area contributed by atoms with Crippen LogP contribution in [0.2, 0.25) is 0 Å². The molecule has 0 aliphatic heterocycles. The molecule has 1 aromatic heterocycles.